The normalized spacial score (nSPS) is 17.0. The van der Waals surface area contributed by atoms with E-state index < -0.39 is 16.9 Å². The van der Waals surface area contributed by atoms with E-state index >= 15 is 0 Å². The summed E-state index contributed by atoms with van der Waals surface area (Å²) in [5, 5.41) is 20.0. The second kappa shape index (κ2) is 9.28. The van der Waals surface area contributed by atoms with E-state index in [2.05, 4.69) is 0 Å². The molecule has 1 aliphatic rings. The lowest BCUT2D eigenvalue weighted by atomic mass is 10.1. The fourth-order valence-electron chi connectivity index (χ4n) is 2.96. The topological polar surface area (TPSA) is 122 Å². The monoisotopic (exact) mass is 381 g/mol. The number of likely N-dealkylation sites (N-methyl/N-ethyl adjacent to an activating group) is 1. The van der Waals surface area contributed by atoms with Gasteiger partial charge in [0.2, 0.25) is 0 Å². The highest BCUT2D eigenvalue weighted by Gasteiger charge is 2.26. The third-order valence-corrected chi connectivity index (χ3v) is 4.10. The fourth-order valence-corrected chi connectivity index (χ4v) is 2.96. The van der Waals surface area contributed by atoms with E-state index in [1.54, 1.807) is 24.9 Å². The van der Waals surface area contributed by atoms with Crippen molar-refractivity contribution in [3.8, 4) is 0 Å². The average molecular weight is 381 g/mol. The quantitative estimate of drug-likeness (QED) is 0.399. The molecule has 1 aromatic rings. The molecule has 1 atom stereocenters. The van der Waals surface area contributed by atoms with Gasteiger partial charge in [-0.2, -0.15) is 0 Å². The summed E-state index contributed by atoms with van der Waals surface area (Å²) >= 11 is 0. The van der Waals surface area contributed by atoms with Crippen molar-refractivity contribution in [1.82, 2.24) is 4.90 Å². The van der Waals surface area contributed by atoms with Gasteiger partial charge in [-0.25, -0.2) is 4.79 Å². The van der Waals surface area contributed by atoms with Crippen LogP contribution in [-0.4, -0.2) is 79.4 Å². The summed E-state index contributed by atoms with van der Waals surface area (Å²) in [6.45, 7) is 3.55. The van der Waals surface area contributed by atoms with Crippen LogP contribution in [0.15, 0.2) is 18.2 Å². The minimum Gasteiger partial charge on any atom is -0.480 e. The number of morpholine rings is 1. The van der Waals surface area contributed by atoms with Crippen LogP contribution in [0.2, 0.25) is 0 Å². The lowest BCUT2D eigenvalue weighted by Crippen LogP contribution is -2.47. The molecular formula is C17H23N3O7. The molecule has 0 bridgehead atoms. The summed E-state index contributed by atoms with van der Waals surface area (Å²) in [6.07, 6.45) is -0.218. The van der Waals surface area contributed by atoms with Gasteiger partial charge in [0.05, 0.1) is 30.8 Å². The van der Waals surface area contributed by atoms with E-state index in [1.165, 1.54) is 12.1 Å². The number of rotatable bonds is 8. The van der Waals surface area contributed by atoms with E-state index in [1.807, 2.05) is 4.90 Å². The molecular weight excluding hydrogens is 358 g/mol. The highest BCUT2D eigenvalue weighted by atomic mass is 16.6. The van der Waals surface area contributed by atoms with Crippen LogP contribution in [-0.2, 0) is 14.3 Å². The highest BCUT2D eigenvalue weighted by molar-refractivity contribution is 5.95. The molecule has 10 nitrogen and oxygen atoms in total. The Hall–Kier alpha value is -2.72. The minimum absolute atomic E-state index is 0.0922. The molecule has 0 aromatic heterocycles. The molecule has 1 fully saturated rings. The van der Waals surface area contributed by atoms with Gasteiger partial charge in [-0.05, 0) is 26.1 Å². The van der Waals surface area contributed by atoms with Gasteiger partial charge >= 0.3 is 11.9 Å². The summed E-state index contributed by atoms with van der Waals surface area (Å²) in [4.78, 5) is 37.1. The maximum atomic E-state index is 12.1. The molecule has 1 unspecified atom stereocenters. The molecule has 0 amide bonds. The van der Waals surface area contributed by atoms with Crippen molar-refractivity contribution in [2.24, 2.45) is 0 Å². The number of hydrogen-bond donors (Lipinski definition) is 1. The number of ether oxygens (including phenoxy) is 2. The smallest absolute Gasteiger partial charge is 0.345 e. The molecule has 148 valence electrons. The van der Waals surface area contributed by atoms with Crippen LogP contribution >= 0.6 is 0 Å². The Kier molecular flexibility index (Phi) is 7.08. The number of esters is 1. The van der Waals surface area contributed by atoms with Crippen LogP contribution in [0.3, 0.4) is 0 Å². The molecule has 0 saturated carbocycles. The Bertz CT molecular complexity index is 710. The zero-order chi connectivity index (χ0) is 20.0. The molecule has 0 aliphatic carbocycles. The van der Waals surface area contributed by atoms with Gasteiger partial charge in [-0.15, -0.1) is 0 Å². The first-order valence-electron chi connectivity index (χ1n) is 8.54. The Labute approximate surface area is 156 Å². The maximum Gasteiger partial charge on any atom is 0.345 e. The van der Waals surface area contributed by atoms with Crippen LogP contribution in [0.1, 0.15) is 17.3 Å². The molecule has 0 spiro atoms. The van der Waals surface area contributed by atoms with Gasteiger partial charge in [0.25, 0.3) is 5.69 Å². The average Bonchev–Trinajstić information content (AvgIpc) is 2.60. The third-order valence-electron chi connectivity index (χ3n) is 4.10. The van der Waals surface area contributed by atoms with Crippen LogP contribution in [0.25, 0.3) is 0 Å². The molecule has 1 aliphatic heterocycles. The van der Waals surface area contributed by atoms with Gasteiger partial charge < -0.3 is 19.5 Å². The maximum absolute atomic E-state index is 12.1. The first-order chi connectivity index (χ1) is 12.8. The largest absolute Gasteiger partial charge is 0.480 e. The van der Waals surface area contributed by atoms with Crippen LogP contribution in [0.4, 0.5) is 11.4 Å². The SMILES string of the molecule is CCOC(=O)c1cc(N2CCOC(CN(C)CC(=O)O)C2)ccc1[N+](=O)[O-]. The lowest BCUT2D eigenvalue weighted by molar-refractivity contribution is -0.385. The van der Waals surface area contributed by atoms with E-state index in [4.69, 9.17) is 14.6 Å². The van der Waals surface area contributed by atoms with E-state index in [9.17, 15) is 19.7 Å². The van der Waals surface area contributed by atoms with Crippen molar-refractivity contribution in [1.29, 1.82) is 0 Å². The summed E-state index contributed by atoms with van der Waals surface area (Å²) in [5.74, 6) is -1.66. The van der Waals surface area contributed by atoms with Gasteiger partial charge in [-0.1, -0.05) is 0 Å². The van der Waals surface area contributed by atoms with Gasteiger partial charge in [0, 0.05) is 31.4 Å². The number of hydrogen-bond acceptors (Lipinski definition) is 8. The number of benzene rings is 1. The molecule has 1 N–H and O–H groups in total. The Morgan fingerprint density at radius 1 is 1.48 bits per heavy atom. The summed E-state index contributed by atoms with van der Waals surface area (Å²) < 4.78 is 10.6. The van der Waals surface area contributed by atoms with Gasteiger partial charge in [-0.3, -0.25) is 19.8 Å². The summed E-state index contributed by atoms with van der Waals surface area (Å²) in [6, 6.07) is 4.34. The van der Waals surface area contributed by atoms with Crippen LogP contribution in [0.5, 0.6) is 0 Å². The predicted molar refractivity (Wildman–Crippen MR) is 96.1 cm³/mol. The molecule has 10 heteroatoms. The Balaban J connectivity index is 2.16. The molecule has 2 rings (SSSR count). The standard InChI is InChI=1S/C17H23N3O7/c1-3-26-17(23)14-8-12(4-5-15(14)20(24)25)19-6-7-27-13(10-19)9-18(2)11-16(21)22/h4-5,8,13H,3,6-7,9-11H2,1-2H3,(H,21,22). The molecule has 27 heavy (non-hydrogen) atoms. The summed E-state index contributed by atoms with van der Waals surface area (Å²) in [7, 11) is 1.70. The molecule has 1 saturated heterocycles. The van der Waals surface area contributed by atoms with Gasteiger partial charge in [0.15, 0.2) is 0 Å². The van der Waals surface area contributed by atoms with Crippen LogP contribution in [0, 0.1) is 10.1 Å². The number of nitrogens with zero attached hydrogens (tertiary/aromatic N) is 3. The van der Waals surface area contributed by atoms with E-state index in [0.29, 0.717) is 31.9 Å². The number of carboxylic acids is 1. The Morgan fingerprint density at radius 3 is 2.85 bits per heavy atom. The second-order valence-corrected chi connectivity index (χ2v) is 6.21. The Morgan fingerprint density at radius 2 is 2.22 bits per heavy atom. The van der Waals surface area contributed by atoms with Crippen molar-refractivity contribution in [2.45, 2.75) is 13.0 Å². The first-order valence-corrected chi connectivity index (χ1v) is 8.54. The van der Waals surface area contributed by atoms with Gasteiger partial charge in [0.1, 0.15) is 5.56 Å². The predicted octanol–water partition coefficient (Wildman–Crippen LogP) is 0.993. The molecule has 1 aromatic carbocycles. The highest BCUT2D eigenvalue weighted by Crippen LogP contribution is 2.27. The zero-order valence-electron chi connectivity index (χ0n) is 15.3. The lowest BCUT2D eigenvalue weighted by Gasteiger charge is -2.36. The van der Waals surface area contributed by atoms with Crippen molar-refractivity contribution >= 4 is 23.3 Å². The third kappa shape index (κ3) is 5.63. The molecule has 0 radical (unpaired) electrons. The van der Waals surface area contributed by atoms with Crippen LogP contribution < -0.4 is 4.90 Å². The van der Waals surface area contributed by atoms with Crippen molar-refractivity contribution < 1.29 is 29.1 Å². The zero-order valence-corrected chi connectivity index (χ0v) is 15.3. The number of carbonyl (C=O) groups is 2. The number of nitro groups is 1. The van der Waals surface area contributed by atoms with Crippen molar-refractivity contribution in [3.05, 3.63) is 33.9 Å². The molecule has 1 heterocycles. The number of anilines is 1. The minimum atomic E-state index is -0.917. The van der Waals surface area contributed by atoms with E-state index in [-0.39, 0.29) is 30.5 Å². The number of aliphatic carboxylic acids is 1. The number of carboxylic acid groups (broad SMARTS) is 1. The fraction of sp³-hybridized carbons (Fsp3) is 0.529. The van der Waals surface area contributed by atoms with E-state index in [0.717, 1.165) is 0 Å². The second-order valence-electron chi connectivity index (χ2n) is 6.21. The summed E-state index contributed by atoms with van der Waals surface area (Å²) in [5.41, 5.74) is 0.256. The number of carbonyl (C=O) groups excluding carboxylic acids is 1. The number of nitro benzene ring substituents is 1. The van der Waals surface area contributed by atoms with Crippen molar-refractivity contribution in [3.63, 3.8) is 0 Å². The first kappa shape index (κ1) is 20.6. The van der Waals surface area contributed by atoms with Crippen molar-refractivity contribution in [2.75, 3.05) is 51.3 Å².